The molecule has 4 nitrogen and oxygen atoms in total. The van der Waals surface area contributed by atoms with Crippen molar-refractivity contribution in [3.63, 3.8) is 0 Å². The maximum Gasteiger partial charge on any atom is 0.409 e. The summed E-state index contributed by atoms with van der Waals surface area (Å²) in [6.07, 6.45) is 7.35. The molecule has 1 saturated carbocycles. The fourth-order valence-corrected chi connectivity index (χ4v) is 2.78. The molecule has 0 unspecified atom stereocenters. The number of methoxy groups -OCH3 is 1. The highest BCUT2D eigenvalue weighted by Gasteiger charge is 2.25. The molecular formula is C12H22N2O2. The minimum atomic E-state index is -0.181. The minimum absolute atomic E-state index is 0.181. The summed E-state index contributed by atoms with van der Waals surface area (Å²) in [6.45, 7) is 1.66. The van der Waals surface area contributed by atoms with Gasteiger partial charge in [0.25, 0.3) is 0 Å². The second-order valence-electron chi connectivity index (χ2n) is 4.88. The minimum Gasteiger partial charge on any atom is -0.453 e. The number of nitrogens with zero attached hydrogens (tertiary/aromatic N) is 1. The van der Waals surface area contributed by atoms with Gasteiger partial charge >= 0.3 is 6.09 Å². The van der Waals surface area contributed by atoms with Crippen molar-refractivity contribution in [2.75, 3.05) is 20.2 Å². The molecule has 0 bridgehead atoms. The Morgan fingerprint density at radius 1 is 1.12 bits per heavy atom. The van der Waals surface area contributed by atoms with Crippen LogP contribution in [0.15, 0.2) is 0 Å². The van der Waals surface area contributed by atoms with Gasteiger partial charge in [-0.15, -0.1) is 0 Å². The topological polar surface area (TPSA) is 41.6 Å². The molecule has 0 atom stereocenters. The Kier molecular flexibility index (Phi) is 4.04. The van der Waals surface area contributed by atoms with Crippen molar-refractivity contribution in [2.24, 2.45) is 0 Å². The molecule has 4 heteroatoms. The van der Waals surface area contributed by atoms with E-state index in [-0.39, 0.29) is 6.09 Å². The number of piperidine rings is 1. The van der Waals surface area contributed by atoms with Crippen LogP contribution in [0.2, 0.25) is 0 Å². The summed E-state index contributed by atoms with van der Waals surface area (Å²) in [6, 6.07) is 1.33. The van der Waals surface area contributed by atoms with Crippen molar-refractivity contribution < 1.29 is 9.53 Å². The summed E-state index contributed by atoms with van der Waals surface area (Å²) < 4.78 is 4.72. The van der Waals surface area contributed by atoms with Gasteiger partial charge in [-0.1, -0.05) is 12.8 Å². The van der Waals surface area contributed by atoms with E-state index < -0.39 is 0 Å². The van der Waals surface area contributed by atoms with E-state index in [1.165, 1.54) is 32.8 Å². The van der Waals surface area contributed by atoms with Gasteiger partial charge in [-0.05, 0) is 25.7 Å². The standard InChI is InChI=1S/C12H22N2O2/c1-16-12(15)14-8-6-11(7-9-14)13-10-4-2-3-5-10/h10-11,13H,2-9H2,1H3. The van der Waals surface area contributed by atoms with Crippen LogP contribution in [0, 0.1) is 0 Å². The number of hydrogen-bond acceptors (Lipinski definition) is 3. The highest BCUT2D eigenvalue weighted by atomic mass is 16.5. The van der Waals surface area contributed by atoms with Gasteiger partial charge in [0.05, 0.1) is 7.11 Å². The van der Waals surface area contributed by atoms with Gasteiger partial charge in [0, 0.05) is 25.2 Å². The van der Waals surface area contributed by atoms with Gasteiger partial charge in [0.2, 0.25) is 0 Å². The van der Waals surface area contributed by atoms with Gasteiger partial charge in [-0.2, -0.15) is 0 Å². The number of carbonyl (C=O) groups excluding carboxylic acids is 1. The van der Waals surface area contributed by atoms with E-state index in [1.54, 1.807) is 4.90 Å². The Balaban J connectivity index is 1.70. The quantitative estimate of drug-likeness (QED) is 0.780. The van der Waals surface area contributed by atoms with Crippen LogP contribution in [-0.2, 0) is 4.74 Å². The molecule has 1 aliphatic carbocycles. The van der Waals surface area contributed by atoms with Crippen molar-refractivity contribution >= 4 is 6.09 Å². The molecule has 0 aromatic rings. The zero-order chi connectivity index (χ0) is 11.4. The summed E-state index contributed by atoms with van der Waals surface area (Å²) in [5.41, 5.74) is 0. The molecule has 92 valence electrons. The summed E-state index contributed by atoms with van der Waals surface area (Å²) in [7, 11) is 1.45. The Labute approximate surface area is 97.3 Å². The van der Waals surface area contributed by atoms with Crippen LogP contribution >= 0.6 is 0 Å². The lowest BCUT2D eigenvalue weighted by Crippen LogP contribution is -2.47. The molecule has 1 saturated heterocycles. The van der Waals surface area contributed by atoms with Crippen molar-refractivity contribution in [1.82, 2.24) is 10.2 Å². The summed E-state index contributed by atoms with van der Waals surface area (Å²) in [4.78, 5) is 13.1. The molecule has 1 aliphatic heterocycles. The maximum atomic E-state index is 11.3. The third-order valence-electron chi connectivity index (χ3n) is 3.75. The van der Waals surface area contributed by atoms with E-state index in [1.807, 2.05) is 0 Å². The number of rotatable bonds is 2. The van der Waals surface area contributed by atoms with Gasteiger partial charge in [-0.3, -0.25) is 0 Å². The third-order valence-corrected chi connectivity index (χ3v) is 3.75. The number of amides is 1. The molecule has 1 amide bonds. The van der Waals surface area contributed by atoms with Crippen LogP contribution in [0.5, 0.6) is 0 Å². The van der Waals surface area contributed by atoms with Gasteiger partial charge in [0.15, 0.2) is 0 Å². The molecule has 1 heterocycles. The highest BCUT2D eigenvalue weighted by molar-refractivity contribution is 5.67. The van der Waals surface area contributed by atoms with Crippen LogP contribution in [0.4, 0.5) is 4.79 Å². The lowest BCUT2D eigenvalue weighted by Gasteiger charge is -2.33. The smallest absolute Gasteiger partial charge is 0.409 e. The van der Waals surface area contributed by atoms with Crippen molar-refractivity contribution in [3.05, 3.63) is 0 Å². The first-order valence-electron chi connectivity index (χ1n) is 6.38. The Hall–Kier alpha value is -0.770. The number of carbonyl (C=O) groups is 1. The molecule has 1 N–H and O–H groups in total. The monoisotopic (exact) mass is 226 g/mol. The highest BCUT2D eigenvalue weighted by Crippen LogP contribution is 2.20. The van der Waals surface area contributed by atoms with Crippen LogP contribution in [0.25, 0.3) is 0 Å². The summed E-state index contributed by atoms with van der Waals surface area (Å²) in [5, 5.41) is 3.72. The number of likely N-dealkylation sites (tertiary alicyclic amines) is 1. The third kappa shape index (κ3) is 2.88. The first-order chi connectivity index (χ1) is 7.79. The SMILES string of the molecule is COC(=O)N1CCC(NC2CCCC2)CC1. The average molecular weight is 226 g/mol. The van der Waals surface area contributed by atoms with Gasteiger partial charge in [0.1, 0.15) is 0 Å². The number of nitrogens with one attached hydrogen (secondary N) is 1. The Morgan fingerprint density at radius 3 is 2.25 bits per heavy atom. The summed E-state index contributed by atoms with van der Waals surface area (Å²) >= 11 is 0. The molecule has 0 spiro atoms. The first kappa shape index (κ1) is 11.7. The maximum absolute atomic E-state index is 11.3. The average Bonchev–Trinajstić information content (AvgIpc) is 2.82. The predicted molar refractivity (Wildman–Crippen MR) is 62.4 cm³/mol. The molecular weight excluding hydrogens is 204 g/mol. The Bertz CT molecular complexity index is 231. The lowest BCUT2D eigenvalue weighted by atomic mass is 10.0. The van der Waals surface area contributed by atoms with E-state index in [0.29, 0.717) is 6.04 Å². The Morgan fingerprint density at radius 2 is 1.69 bits per heavy atom. The van der Waals surface area contributed by atoms with Crippen molar-refractivity contribution in [2.45, 2.75) is 50.6 Å². The van der Waals surface area contributed by atoms with Crippen LogP contribution in [0.3, 0.4) is 0 Å². The summed E-state index contributed by atoms with van der Waals surface area (Å²) in [5.74, 6) is 0. The van der Waals surface area contributed by atoms with E-state index in [9.17, 15) is 4.79 Å². The van der Waals surface area contributed by atoms with E-state index in [2.05, 4.69) is 5.32 Å². The molecule has 16 heavy (non-hydrogen) atoms. The molecule has 2 fully saturated rings. The van der Waals surface area contributed by atoms with Gasteiger partial charge < -0.3 is 15.0 Å². The zero-order valence-electron chi connectivity index (χ0n) is 10.1. The van der Waals surface area contributed by atoms with Crippen LogP contribution in [0.1, 0.15) is 38.5 Å². The first-order valence-corrected chi connectivity index (χ1v) is 6.38. The molecule has 0 aromatic heterocycles. The molecule has 2 rings (SSSR count). The molecule has 0 radical (unpaired) electrons. The fourth-order valence-electron chi connectivity index (χ4n) is 2.78. The van der Waals surface area contributed by atoms with Crippen LogP contribution < -0.4 is 5.32 Å². The fraction of sp³-hybridized carbons (Fsp3) is 0.917. The van der Waals surface area contributed by atoms with E-state index in [4.69, 9.17) is 4.74 Å². The van der Waals surface area contributed by atoms with Gasteiger partial charge in [-0.25, -0.2) is 4.79 Å². The predicted octanol–water partition coefficient (Wildman–Crippen LogP) is 1.75. The zero-order valence-corrected chi connectivity index (χ0v) is 10.1. The largest absolute Gasteiger partial charge is 0.453 e. The number of ether oxygens (including phenoxy) is 1. The van der Waals surface area contributed by atoms with E-state index in [0.717, 1.165) is 32.0 Å². The normalized spacial score (nSPS) is 23.7. The van der Waals surface area contributed by atoms with E-state index >= 15 is 0 Å². The van der Waals surface area contributed by atoms with Crippen molar-refractivity contribution in [1.29, 1.82) is 0 Å². The molecule has 0 aromatic carbocycles. The second-order valence-corrected chi connectivity index (χ2v) is 4.88. The van der Waals surface area contributed by atoms with Crippen LogP contribution in [-0.4, -0.2) is 43.3 Å². The lowest BCUT2D eigenvalue weighted by molar-refractivity contribution is 0.109. The van der Waals surface area contributed by atoms with Crippen molar-refractivity contribution in [3.8, 4) is 0 Å². The second kappa shape index (κ2) is 5.53. The number of hydrogen-bond donors (Lipinski definition) is 1. The molecule has 2 aliphatic rings.